The minimum atomic E-state index is -1.02. The van der Waals surface area contributed by atoms with Gasteiger partial charge in [0.2, 0.25) is 0 Å². The van der Waals surface area contributed by atoms with Crippen molar-refractivity contribution in [2.75, 3.05) is 13.2 Å². The number of carboxylic acids is 1. The number of hydrogen-bond acceptors (Lipinski definition) is 5. The molecule has 1 N–H and O–H groups in total. The fourth-order valence-corrected chi connectivity index (χ4v) is 6.00. The number of aliphatic carboxylic acids is 1. The van der Waals surface area contributed by atoms with Crippen molar-refractivity contribution in [3.63, 3.8) is 0 Å². The van der Waals surface area contributed by atoms with E-state index in [1.165, 1.54) is 0 Å². The molecule has 0 aromatic heterocycles. The summed E-state index contributed by atoms with van der Waals surface area (Å²) in [6, 6.07) is 58.1. The molecule has 0 amide bonds. The van der Waals surface area contributed by atoms with Gasteiger partial charge in [-0.1, -0.05) is 109 Å². The minimum absolute atomic E-state index is 0.319. The standard InChI is InChI=1S/C48H38O6/c1-34-32-45(28-29-47(34)52-33-48(49)50)51-31-30-46(39-16-12-35(13-17-39)37-20-24-43(25-21-37)53-41-8-4-2-5-9-41)40-18-14-36(15-19-40)38-22-26-44(27-23-38)54-42-10-6-3-7-11-42/h2-30,32H,31,33H2,1H3,(H,49,50). The molecular formula is C48H38O6. The van der Waals surface area contributed by atoms with Crippen LogP contribution < -0.4 is 18.9 Å². The van der Waals surface area contributed by atoms with E-state index < -0.39 is 12.6 Å². The topological polar surface area (TPSA) is 74.2 Å². The molecule has 7 aromatic carbocycles. The van der Waals surface area contributed by atoms with Crippen LogP contribution in [-0.2, 0) is 4.79 Å². The second-order valence-electron chi connectivity index (χ2n) is 12.6. The van der Waals surface area contributed by atoms with E-state index in [9.17, 15) is 4.79 Å². The molecule has 266 valence electrons. The van der Waals surface area contributed by atoms with Gasteiger partial charge in [0.1, 0.15) is 41.1 Å². The van der Waals surface area contributed by atoms with Crippen molar-refractivity contribution < 1.29 is 28.8 Å². The molecule has 0 saturated heterocycles. The maximum atomic E-state index is 10.9. The van der Waals surface area contributed by atoms with Crippen LogP contribution >= 0.6 is 0 Å². The van der Waals surface area contributed by atoms with Crippen molar-refractivity contribution in [2.45, 2.75) is 6.92 Å². The van der Waals surface area contributed by atoms with Gasteiger partial charge in [-0.25, -0.2) is 4.79 Å². The molecule has 54 heavy (non-hydrogen) atoms. The summed E-state index contributed by atoms with van der Waals surface area (Å²) in [4.78, 5) is 10.9. The van der Waals surface area contributed by atoms with E-state index in [2.05, 4.69) is 78.9 Å². The van der Waals surface area contributed by atoms with Crippen LogP contribution in [-0.4, -0.2) is 24.3 Å². The zero-order valence-corrected chi connectivity index (χ0v) is 29.7. The molecule has 6 heteroatoms. The SMILES string of the molecule is Cc1cc(OCC=C(c2ccc(-c3ccc(Oc4ccccc4)cc3)cc2)c2ccc(-c3ccc(Oc4ccccc4)cc3)cc2)ccc1OCC(=O)O. The van der Waals surface area contributed by atoms with Crippen LogP contribution in [0.1, 0.15) is 16.7 Å². The highest BCUT2D eigenvalue weighted by Crippen LogP contribution is 2.32. The second kappa shape index (κ2) is 17.0. The molecule has 6 nitrogen and oxygen atoms in total. The van der Waals surface area contributed by atoms with E-state index in [1.54, 1.807) is 12.1 Å². The highest BCUT2D eigenvalue weighted by molar-refractivity contribution is 5.82. The van der Waals surface area contributed by atoms with Gasteiger partial charge in [0.15, 0.2) is 6.61 Å². The van der Waals surface area contributed by atoms with E-state index in [1.807, 2.05) is 97.9 Å². The molecule has 0 aliphatic rings. The lowest BCUT2D eigenvalue weighted by Gasteiger charge is -2.13. The number of rotatable bonds is 14. The molecule has 0 aliphatic carbocycles. The van der Waals surface area contributed by atoms with Gasteiger partial charge in [-0.15, -0.1) is 0 Å². The van der Waals surface area contributed by atoms with Crippen molar-refractivity contribution in [2.24, 2.45) is 0 Å². The molecule has 0 fully saturated rings. The number of para-hydroxylation sites is 2. The maximum Gasteiger partial charge on any atom is 0.341 e. The van der Waals surface area contributed by atoms with Gasteiger partial charge in [-0.3, -0.25) is 0 Å². The van der Waals surface area contributed by atoms with Gasteiger partial charge in [0.05, 0.1) is 0 Å². The first-order valence-electron chi connectivity index (χ1n) is 17.6. The third-order valence-electron chi connectivity index (χ3n) is 8.76. The quantitative estimate of drug-likeness (QED) is 0.121. The predicted molar refractivity (Wildman–Crippen MR) is 214 cm³/mol. The lowest BCUT2D eigenvalue weighted by molar-refractivity contribution is -0.139. The monoisotopic (exact) mass is 710 g/mol. The van der Waals surface area contributed by atoms with Crippen molar-refractivity contribution in [1.29, 1.82) is 0 Å². The minimum Gasteiger partial charge on any atom is -0.489 e. The fraction of sp³-hybridized carbons (Fsp3) is 0.0625. The Hall–Kier alpha value is -7.05. The van der Waals surface area contributed by atoms with Crippen LogP contribution in [0.3, 0.4) is 0 Å². The molecule has 0 unspecified atom stereocenters. The van der Waals surface area contributed by atoms with Crippen LogP contribution in [0, 0.1) is 6.92 Å². The summed E-state index contributed by atoms with van der Waals surface area (Å²) in [5, 5.41) is 8.97. The average molecular weight is 711 g/mol. The largest absolute Gasteiger partial charge is 0.489 e. The normalized spacial score (nSPS) is 10.6. The summed E-state index contributed by atoms with van der Waals surface area (Å²) in [6.45, 7) is 1.79. The molecule has 0 heterocycles. The highest BCUT2D eigenvalue weighted by atomic mass is 16.5. The number of ether oxygens (including phenoxy) is 4. The number of carboxylic acid groups (broad SMARTS) is 1. The zero-order valence-electron chi connectivity index (χ0n) is 29.7. The third-order valence-corrected chi connectivity index (χ3v) is 8.76. The first kappa shape index (κ1) is 35.4. The molecule has 0 bridgehead atoms. The molecule has 0 atom stereocenters. The van der Waals surface area contributed by atoms with Crippen molar-refractivity contribution in [1.82, 2.24) is 0 Å². The van der Waals surface area contributed by atoms with Gasteiger partial charge >= 0.3 is 5.97 Å². The van der Waals surface area contributed by atoms with Crippen LogP contribution in [0.25, 0.3) is 27.8 Å². The zero-order chi connectivity index (χ0) is 37.1. The number of benzene rings is 7. The van der Waals surface area contributed by atoms with Gasteiger partial charge in [-0.2, -0.15) is 0 Å². The predicted octanol–water partition coefficient (Wildman–Crippen LogP) is 11.9. The molecule has 7 aromatic rings. The Morgan fingerprint density at radius 3 is 1.33 bits per heavy atom. The smallest absolute Gasteiger partial charge is 0.341 e. The van der Waals surface area contributed by atoms with Crippen LogP contribution in [0.15, 0.2) is 182 Å². The first-order chi connectivity index (χ1) is 26.5. The van der Waals surface area contributed by atoms with E-state index in [4.69, 9.17) is 24.1 Å². The summed E-state index contributed by atoms with van der Waals surface area (Å²) in [6.07, 6.45) is 2.08. The molecule has 0 aliphatic heterocycles. The molecule has 0 radical (unpaired) electrons. The number of carbonyl (C=O) groups is 1. The average Bonchev–Trinajstić information content (AvgIpc) is 3.21. The van der Waals surface area contributed by atoms with E-state index in [0.29, 0.717) is 18.1 Å². The third kappa shape index (κ3) is 9.24. The van der Waals surface area contributed by atoms with Gasteiger partial charge in [-0.05, 0) is 124 Å². The summed E-state index contributed by atoms with van der Waals surface area (Å²) >= 11 is 0. The maximum absolute atomic E-state index is 10.9. The van der Waals surface area contributed by atoms with Gasteiger partial charge in [0.25, 0.3) is 0 Å². The lowest BCUT2D eigenvalue weighted by Crippen LogP contribution is -2.10. The summed E-state index contributed by atoms with van der Waals surface area (Å²) in [5.74, 6) is 3.32. The van der Waals surface area contributed by atoms with Crippen molar-refractivity contribution >= 4 is 11.5 Å². The van der Waals surface area contributed by atoms with Gasteiger partial charge in [0, 0.05) is 0 Å². The molecule has 0 saturated carbocycles. The Kier molecular flexibility index (Phi) is 11.1. The van der Waals surface area contributed by atoms with Gasteiger partial charge < -0.3 is 24.1 Å². The van der Waals surface area contributed by atoms with E-state index in [0.717, 1.165) is 67.5 Å². The van der Waals surface area contributed by atoms with E-state index >= 15 is 0 Å². The Morgan fingerprint density at radius 1 is 0.500 bits per heavy atom. The molecular weight excluding hydrogens is 673 g/mol. The Labute approximate surface area is 315 Å². The van der Waals surface area contributed by atoms with Crippen molar-refractivity contribution in [3.05, 3.63) is 199 Å². The van der Waals surface area contributed by atoms with Crippen LogP contribution in [0.5, 0.6) is 34.5 Å². The molecule has 7 rings (SSSR count). The Bertz CT molecular complexity index is 2180. The summed E-state index contributed by atoms with van der Waals surface area (Å²) in [7, 11) is 0. The highest BCUT2D eigenvalue weighted by Gasteiger charge is 2.10. The number of hydrogen-bond donors (Lipinski definition) is 1. The van der Waals surface area contributed by atoms with Crippen LogP contribution in [0.4, 0.5) is 0 Å². The lowest BCUT2D eigenvalue weighted by atomic mass is 9.94. The number of aryl methyl sites for hydroxylation is 1. The summed E-state index contributed by atoms with van der Waals surface area (Å²) < 4.78 is 23.5. The summed E-state index contributed by atoms with van der Waals surface area (Å²) in [5.41, 5.74) is 8.30. The Balaban J connectivity index is 1.10. The first-order valence-corrected chi connectivity index (χ1v) is 17.6. The Morgan fingerprint density at radius 2 is 0.907 bits per heavy atom. The second-order valence-corrected chi connectivity index (χ2v) is 12.6. The van der Waals surface area contributed by atoms with Crippen LogP contribution in [0.2, 0.25) is 0 Å². The van der Waals surface area contributed by atoms with Crippen molar-refractivity contribution in [3.8, 4) is 56.8 Å². The van der Waals surface area contributed by atoms with E-state index in [-0.39, 0.29) is 0 Å². The molecule has 0 spiro atoms. The fourth-order valence-electron chi connectivity index (χ4n) is 6.00.